The number of methoxy groups -OCH3 is 1. The Kier molecular flexibility index (Phi) is 23.3. The van der Waals surface area contributed by atoms with Gasteiger partial charge in [-0.05, 0) is 36.4 Å². The highest BCUT2D eigenvalue weighted by Crippen LogP contribution is 2.43. The fourth-order valence-corrected chi connectivity index (χ4v) is 13.3. The van der Waals surface area contributed by atoms with Crippen molar-refractivity contribution in [3.05, 3.63) is 106 Å². The van der Waals surface area contributed by atoms with Gasteiger partial charge in [0.05, 0.1) is 40.0 Å². The Bertz CT molecular complexity index is 3790. The summed E-state index contributed by atoms with van der Waals surface area (Å²) in [5, 5.41) is 13.6. The van der Waals surface area contributed by atoms with Gasteiger partial charge in [-0.15, -0.1) is 0 Å². The number of esters is 9. The van der Waals surface area contributed by atoms with Crippen molar-refractivity contribution in [2.45, 2.75) is 185 Å². The molecule has 4 saturated heterocycles. The number of carbonyl (C=O) groups is 15. The van der Waals surface area contributed by atoms with Crippen LogP contribution in [-0.2, 0) is 124 Å². The molecular formula is C67H71N3O33. The van der Waals surface area contributed by atoms with E-state index in [0.717, 1.165) is 69.4 Å². The van der Waals surface area contributed by atoms with Crippen LogP contribution in [0.15, 0.2) is 72.8 Å². The van der Waals surface area contributed by atoms with Crippen LogP contribution >= 0.6 is 0 Å². The van der Waals surface area contributed by atoms with Crippen molar-refractivity contribution in [2.24, 2.45) is 0 Å². The lowest BCUT2D eigenvalue weighted by molar-refractivity contribution is -0.380. The largest absolute Gasteiger partial charge is 0.463 e. The van der Waals surface area contributed by atoms with Crippen molar-refractivity contribution in [3.63, 3.8) is 0 Å². The van der Waals surface area contributed by atoms with E-state index in [1.54, 1.807) is 0 Å². The highest BCUT2D eigenvalue weighted by molar-refractivity contribution is 6.23. The molecule has 6 amide bonds. The first-order valence-electron chi connectivity index (χ1n) is 32.0. The predicted molar refractivity (Wildman–Crippen MR) is 329 cm³/mol. The van der Waals surface area contributed by atoms with Gasteiger partial charge < -0.3 is 85.6 Å². The van der Waals surface area contributed by atoms with E-state index in [0.29, 0.717) is 14.7 Å². The number of imide groups is 3. The Morgan fingerprint density at radius 3 is 0.845 bits per heavy atom. The lowest BCUT2D eigenvalue weighted by Crippen LogP contribution is -2.71. The zero-order valence-electron chi connectivity index (χ0n) is 56.7. The van der Waals surface area contributed by atoms with Crippen molar-refractivity contribution in [3.8, 4) is 0 Å². The molecule has 0 aliphatic carbocycles. The Hall–Kier alpha value is -10.1. The number of aliphatic hydroxyl groups is 1. The van der Waals surface area contributed by atoms with Gasteiger partial charge in [-0.1, -0.05) is 36.4 Å². The molecule has 103 heavy (non-hydrogen) atoms. The van der Waals surface area contributed by atoms with Gasteiger partial charge >= 0.3 is 53.7 Å². The topological polar surface area (TPSA) is 443 Å². The van der Waals surface area contributed by atoms with E-state index in [9.17, 15) is 77.0 Å². The Labute approximate surface area is 584 Å². The summed E-state index contributed by atoms with van der Waals surface area (Å²) in [4.78, 5) is 207. The first kappa shape index (κ1) is 75.6. The van der Waals surface area contributed by atoms with Gasteiger partial charge in [0.1, 0.15) is 80.7 Å². The standard InChI is InChI=1S/C67H71N3O33/c1-27(71)88-23-43-51(92-30(4)74)54(95-33(7)77)46(68-58(81)36-17-11-12-18-37(36)59(68)82)64(98-43)91-26-42-50(102-65-47(69-60(83)38-19-13-14-20-39(38)61(69)84)55(96-34(8)78)52(93-31(5)75)44(99-65)24-89-28(2)72)49(80)57(67(87-10)101-42)103-66-48(70-62(85)40-21-15-16-22-41(40)63(70)86)56(97-35(9)79)53(94-32(6)76)45(100-66)25-90-29(3)73/h11-22,42-57,64-67,80H,23-26H2,1-10H3/t42-,43-,44-,45-,46?,47?,48?,49+,50+,51-,52-,53-,54-,55-,56-,57-,64-,65+,66+,67-/m1/s1. The normalized spacial score (nSPS) is 30.8. The summed E-state index contributed by atoms with van der Waals surface area (Å²) in [6, 6.07) is 10.1. The number of ether oxygens (including phenoxy) is 17. The van der Waals surface area contributed by atoms with Gasteiger partial charge in [-0.3, -0.25) is 86.6 Å². The van der Waals surface area contributed by atoms with Crippen molar-refractivity contribution in [2.75, 3.05) is 33.5 Å². The van der Waals surface area contributed by atoms with Gasteiger partial charge in [0.25, 0.3) is 35.4 Å². The molecule has 36 heteroatoms. The van der Waals surface area contributed by atoms with E-state index in [4.69, 9.17) is 80.5 Å². The number of nitrogens with zero attached hydrogens (tertiary/aromatic N) is 3. The monoisotopic (exact) mass is 1450 g/mol. The van der Waals surface area contributed by atoms with Crippen LogP contribution in [0.5, 0.6) is 0 Å². The molecule has 0 bridgehead atoms. The van der Waals surface area contributed by atoms with E-state index >= 15 is 0 Å². The Morgan fingerprint density at radius 1 is 0.330 bits per heavy atom. The maximum absolute atomic E-state index is 14.9. The fourth-order valence-electron chi connectivity index (χ4n) is 13.3. The molecule has 7 aliphatic heterocycles. The maximum Gasteiger partial charge on any atom is 0.303 e. The molecule has 4 fully saturated rings. The number of hydrogen-bond donors (Lipinski definition) is 1. The highest BCUT2D eigenvalue weighted by Gasteiger charge is 2.64. The van der Waals surface area contributed by atoms with E-state index in [2.05, 4.69) is 0 Å². The van der Waals surface area contributed by atoms with Crippen LogP contribution in [0, 0.1) is 0 Å². The van der Waals surface area contributed by atoms with Crippen LogP contribution in [0.1, 0.15) is 124 Å². The van der Waals surface area contributed by atoms with Crippen LogP contribution in [0.2, 0.25) is 0 Å². The number of benzene rings is 3. The second-order valence-corrected chi connectivity index (χ2v) is 24.3. The number of rotatable bonds is 23. The average molecular weight is 1450 g/mol. The molecule has 20 atom stereocenters. The summed E-state index contributed by atoms with van der Waals surface area (Å²) in [7, 11) is 1.01. The van der Waals surface area contributed by atoms with Gasteiger partial charge in [-0.2, -0.15) is 0 Å². The van der Waals surface area contributed by atoms with Crippen LogP contribution in [0.4, 0.5) is 0 Å². The van der Waals surface area contributed by atoms with Crippen molar-refractivity contribution < 1.29 is 158 Å². The van der Waals surface area contributed by atoms with Gasteiger partial charge in [0.15, 0.2) is 61.8 Å². The molecule has 0 aromatic heterocycles. The van der Waals surface area contributed by atoms with Crippen molar-refractivity contribution in [1.82, 2.24) is 14.7 Å². The summed E-state index contributed by atoms with van der Waals surface area (Å²) in [6.07, 6.45) is -34.8. The third-order valence-electron chi connectivity index (χ3n) is 17.2. The first-order valence-corrected chi connectivity index (χ1v) is 32.0. The summed E-state index contributed by atoms with van der Waals surface area (Å²) in [5.41, 5.74) is -1.14. The van der Waals surface area contributed by atoms with Gasteiger partial charge in [0, 0.05) is 69.4 Å². The molecule has 7 heterocycles. The molecule has 1 N–H and O–H groups in total. The van der Waals surface area contributed by atoms with E-state index < -0.39 is 238 Å². The number of hydrogen-bond acceptors (Lipinski definition) is 33. The molecule has 3 unspecified atom stereocenters. The molecule has 0 spiro atoms. The number of carbonyl (C=O) groups excluding carboxylic acids is 15. The third kappa shape index (κ3) is 15.8. The minimum atomic E-state index is -2.47. The zero-order chi connectivity index (χ0) is 74.7. The average Bonchev–Trinajstić information content (AvgIpc) is 1.69. The minimum Gasteiger partial charge on any atom is -0.463 e. The lowest BCUT2D eigenvalue weighted by atomic mass is 9.93. The summed E-state index contributed by atoms with van der Waals surface area (Å²) in [6.45, 7) is 5.04. The molecule has 7 aliphatic rings. The summed E-state index contributed by atoms with van der Waals surface area (Å²) < 4.78 is 103. The second kappa shape index (κ2) is 31.7. The van der Waals surface area contributed by atoms with Gasteiger partial charge in [-0.25, -0.2) is 0 Å². The van der Waals surface area contributed by atoms with Crippen molar-refractivity contribution >= 4 is 89.2 Å². The van der Waals surface area contributed by atoms with Crippen LogP contribution in [0.25, 0.3) is 0 Å². The summed E-state index contributed by atoms with van der Waals surface area (Å²) in [5.74, 6) is -15.6. The van der Waals surface area contributed by atoms with E-state index in [-0.39, 0.29) is 33.4 Å². The minimum absolute atomic E-state index is 0.166. The molecule has 552 valence electrons. The Balaban J connectivity index is 1.15. The fraction of sp³-hybridized carbons (Fsp3) is 0.507. The first-order chi connectivity index (χ1) is 48.9. The number of amides is 6. The lowest BCUT2D eigenvalue weighted by Gasteiger charge is -2.52. The SMILES string of the molecule is CO[C@@H]1O[C@H](CO[C@@H]2O[C@H](COC(C)=O)[C@@H](OC(C)=O)[C@H](OC(C)=O)C2N2C(=O)c3ccccc3C2=O)[C@H](O[C@@H]2O[C@H](COC(C)=O)[C@@H](OC(C)=O)[C@H](OC(C)=O)C2N2C(=O)c3ccccc3C2=O)[C@H](O)[C@H]1O[C@@H]1O[C@H](COC(C)=O)[C@@H](OC(C)=O)[C@H](OC(C)=O)C1N1C(=O)c2ccccc2C1=O. The summed E-state index contributed by atoms with van der Waals surface area (Å²) >= 11 is 0. The van der Waals surface area contributed by atoms with E-state index in [1.807, 2.05) is 0 Å². The second-order valence-electron chi connectivity index (χ2n) is 24.3. The van der Waals surface area contributed by atoms with Crippen LogP contribution in [0.3, 0.4) is 0 Å². The predicted octanol–water partition coefficient (Wildman–Crippen LogP) is -0.0458. The molecule has 3 aromatic carbocycles. The Morgan fingerprint density at radius 2 is 0.573 bits per heavy atom. The quantitative estimate of drug-likeness (QED) is 0.0739. The van der Waals surface area contributed by atoms with Gasteiger partial charge in [0.2, 0.25) is 0 Å². The smallest absolute Gasteiger partial charge is 0.303 e. The van der Waals surface area contributed by atoms with Crippen LogP contribution < -0.4 is 0 Å². The zero-order valence-corrected chi connectivity index (χ0v) is 56.7. The molecule has 3 aromatic rings. The number of aliphatic hydroxyl groups excluding tert-OH is 1. The van der Waals surface area contributed by atoms with E-state index in [1.165, 1.54) is 72.8 Å². The maximum atomic E-state index is 14.9. The number of fused-ring (bicyclic) bond motifs is 3. The molecule has 10 rings (SSSR count). The highest BCUT2D eigenvalue weighted by atomic mass is 16.8. The third-order valence-corrected chi connectivity index (χ3v) is 17.2. The van der Waals surface area contributed by atoms with Crippen LogP contribution in [-0.4, -0.2) is 265 Å². The molecular weight excluding hydrogens is 1370 g/mol. The molecule has 0 saturated carbocycles. The van der Waals surface area contributed by atoms with Crippen molar-refractivity contribution in [1.29, 1.82) is 0 Å². The molecule has 0 radical (unpaired) electrons. The molecule has 36 nitrogen and oxygen atoms in total.